The summed E-state index contributed by atoms with van der Waals surface area (Å²) in [5.74, 6) is -4.79. The van der Waals surface area contributed by atoms with Gasteiger partial charge >= 0.3 is 5.91 Å². The minimum absolute atomic E-state index is 0. The van der Waals surface area contributed by atoms with Crippen molar-refractivity contribution in [3.05, 3.63) is 28.7 Å². The smallest absolute Gasteiger partial charge is 0.299 e. The van der Waals surface area contributed by atoms with Gasteiger partial charge in [-0.05, 0) is 31.2 Å². The molecule has 1 aromatic carbocycles. The van der Waals surface area contributed by atoms with Crippen LogP contribution in [0.1, 0.15) is 6.92 Å². The van der Waals surface area contributed by atoms with Crippen LogP contribution < -0.4 is 4.90 Å². The molecule has 0 N–H and O–H groups in total. The average Bonchev–Trinajstić information content (AvgIpc) is 2.52. The molecule has 0 saturated carbocycles. The number of Topliss-reactive ketones (excluding diaryl/α,β-unsaturated/α-hetero) is 2. The molecule has 1 aromatic rings. The summed E-state index contributed by atoms with van der Waals surface area (Å²) in [5, 5.41) is 0. The van der Waals surface area contributed by atoms with E-state index in [9.17, 15) is 19.2 Å². The Labute approximate surface area is 139 Å². The Balaban J connectivity index is 0.00000180. The standard InChI is InChI=1S/C12H8BrNO4.Na/c1-6(15)9-10(16)12(18)14(11(9)17)8-4-2-7(13)3-5-8;/h2-5,9H,1H3;. The molecular formula is C12H8BrNNaO4. The maximum absolute atomic E-state index is 11.9. The molecule has 2 rings (SSSR count). The van der Waals surface area contributed by atoms with Gasteiger partial charge in [-0.15, -0.1) is 0 Å². The first-order chi connectivity index (χ1) is 8.43. The molecule has 1 unspecified atom stereocenters. The third-order valence-electron chi connectivity index (χ3n) is 2.63. The zero-order chi connectivity index (χ0) is 13.4. The van der Waals surface area contributed by atoms with Crippen molar-refractivity contribution in [3.63, 3.8) is 0 Å². The van der Waals surface area contributed by atoms with Crippen LogP contribution in [-0.4, -0.2) is 52.9 Å². The molecule has 1 aliphatic heterocycles. The van der Waals surface area contributed by atoms with E-state index in [0.29, 0.717) is 0 Å². The molecule has 2 amide bonds. The molecule has 0 spiro atoms. The monoisotopic (exact) mass is 332 g/mol. The maximum atomic E-state index is 11.9. The van der Waals surface area contributed by atoms with Crippen molar-refractivity contribution in [1.29, 1.82) is 0 Å². The van der Waals surface area contributed by atoms with Crippen LogP contribution in [0.25, 0.3) is 0 Å². The number of anilines is 1. The summed E-state index contributed by atoms with van der Waals surface area (Å²) in [6.07, 6.45) is 0. The summed E-state index contributed by atoms with van der Waals surface area (Å²) in [6, 6.07) is 6.33. The van der Waals surface area contributed by atoms with Gasteiger partial charge in [0.1, 0.15) is 5.78 Å². The summed E-state index contributed by atoms with van der Waals surface area (Å²) >= 11 is 3.22. The van der Waals surface area contributed by atoms with Crippen molar-refractivity contribution in [3.8, 4) is 0 Å². The predicted molar refractivity (Wildman–Crippen MR) is 71.6 cm³/mol. The number of carbonyl (C=O) groups excluding carboxylic acids is 4. The Kier molecular flexibility index (Phi) is 5.20. The molecule has 0 aromatic heterocycles. The molecule has 19 heavy (non-hydrogen) atoms. The number of rotatable bonds is 2. The van der Waals surface area contributed by atoms with Crippen LogP contribution in [0.2, 0.25) is 0 Å². The number of benzene rings is 1. The minimum Gasteiger partial charge on any atom is -0.299 e. The summed E-state index contributed by atoms with van der Waals surface area (Å²) in [6.45, 7) is 1.12. The third kappa shape index (κ3) is 2.86. The van der Waals surface area contributed by atoms with E-state index in [1.165, 1.54) is 12.1 Å². The largest absolute Gasteiger partial charge is 0.302 e. The van der Waals surface area contributed by atoms with Crippen molar-refractivity contribution < 1.29 is 19.2 Å². The molecule has 1 radical (unpaired) electrons. The second-order valence-electron chi connectivity index (χ2n) is 3.86. The van der Waals surface area contributed by atoms with Crippen LogP contribution in [-0.2, 0) is 19.2 Å². The topological polar surface area (TPSA) is 71.5 Å². The summed E-state index contributed by atoms with van der Waals surface area (Å²) < 4.78 is 0.778. The Morgan fingerprint density at radius 1 is 1.16 bits per heavy atom. The number of hydrogen-bond donors (Lipinski definition) is 0. The molecule has 1 saturated heterocycles. The Bertz CT molecular complexity index is 570. The molecule has 93 valence electrons. The Hall–Kier alpha value is -0.820. The third-order valence-corrected chi connectivity index (χ3v) is 3.16. The van der Waals surface area contributed by atoms with Crippen molar-refractivity contribution in [2.24, 2.45) is 5.92 Å². The van der Waals surface area contributed by atoms with E-state index in [4.69, 9.17) is 0 Å². The number of hydrogen-bond acceptors (Lipinski definition) is 4. The minimum atomic E-state index is -1.49. The first-order valence-corrected chi connectivity index (χ1v) is 5.91. The summed E-state index contributed by atoms with van der Waals surface area (Å²) in [4.78, 5) is 47.1. The number of ketones is 2. The van der Waals surface area contributed by atoms with Gasteiger partial charge in [-0.2, -0.15) is 0 Å². The zero-order valence-electron chi connectivity index (χ0n) is 10.3. The quantitative estimate of drug-likeness (QED) is 0.346. The average molecular weight is 333 g/mol. The fourth-order valence-electron chi connectivity index (χ4n) is 1.77. The normalized spacial score (nSPS) is 18.5. The number of nitrogens with zero attached hydrogens (tertiary/aromatic N) is 1. The fraction of sp³-hybridized carbons (Fsp3) is 0.167. The number of imide groups is 1. The van der Waals surface area contributed by atoms with Crippen molar-refractivity contribution in [2.45, 2.75) is 6.92 Å². The molecule has 1 aliphatic rings. The van der Waals surface area contributed by atoms with Crippen LogP contribution >= 0.6 is 15.9 Å². The first kappa shape index (κ1) is 16.2. The summed E-state index contributed by atoms with van der Waals surface area (Å²) in [7, 11) is 0. The second kappa shape index (κ2) is 6.09. The SMILES string of the molecule is CC(=O)C1C(=O)C(=O)N(c2ccc(Br)cc2)C1=O.[Na]. The van der Waals surface area contributed by atoms with E-state index in [-0.39, 0.29) is 35.2 Å². The van der Waals surface area contributed by atoms with Crippen LogP contribution in [0.15, 0.2) is 28.7 Å². The van der Waals surface area contributed by atoms with Crippen molar-refractivity contribution >= 4 is 74.6 Å². The van der Waals surface area contributed by atoms with Crippen LogP contribution in [0.3, 0.4) is 0 Å². The van der Waals surface area contributed by atoms with Gasteiger partial charge < -0.3 is 0 Å². The summed E-state index contributed by atoms with van der Waals surface area (Å²) in [5.41, 5.74) is 0.283. The van der Waals surface area contributed by atoms with Gasteiger partial charge in [0.15, 0.2) is 5.92 Å². The number of amides is 2. The fourth-order valence-corrected chi connectivity index (χ4v) is 2.03. The molecule has 7 heteroatoms. The molecule has 5 nitrogen and oxygen atoms in total. The van der Waals surface area contributed by atoms with Gasteiger partial charge in [-0.25, -0.2) is 4.90 Å². The van der Waals surface area contributed by atoms with Gasteiger partial charge in [0.05, 0.1) is 5.69 Å². The Morgan fingerprint density at radius 2 is 1.68 bits per heavy atom. The van der Waals surface area contributed by atoms with E-state index >= 15 is 0 Å². The van der Waals surface area contributed by atoms with Crippen LogP contribution in [0.4, 0.5) is 5.69 Å². The van der Waals surface area contributed by atoms with E-state index < -0.39 is 29.3 Å². The van der Waals surface area contributed by atoms with E-state index in [0.717, 1.165) is 16.3 Å². The number of halogens is 1. The molecular weight excluding hydrogens is 325 g/mol. The van der Waals surface area contributed by atoms with Crippen LogP contribution in [0.5, 0.6) is 0 Å². The van der Waals surface area contributed by atoms with Crippen LogP contribution in [0, 0.1) is 5.92 Å². The van der Waals surface area contributed by atoms with Crippen molar-refractivity contribution in [2.75, 3.05) is 4.90 Å². The molecule has 0 aliphatic carbocycles. The van der Waals surface area contributed by atoms with Gasteiger partial charge in [-0.1, -0.05) is 15.9 Å². The first-order valence-electron chi connectivity index (χ1n) is 5.11. The molecule has 0 bridgehead atoms. The molecule has 1 atom stereocenters. The molecule has 1 fully saturated rings. The van der Waals surface area contributed by atoms with Gasteiger partial charge in [0.25, 0.3) is 5.91 Å². The van der Waals surface area contributed by atoms with Gasteiger partial charge in [-0.3, -0.25) is 19.2 Å². The predicted octanol–water partition coefficient (Wildman–Crippen LogP) is 0.716. The van der Waals surface area contributed by atoms with E-state index in [2.05, 4.69) is 15.9 Å². The second-order valence-corrected chi connectivity index (χ2v) is 4.78. The Morgan fingerprint density at radius 3 is 2.11 bits per heavy atom. The van der Waals surface area contributed by atoms with E-state index in [1.807, 2.05) is 0 Å². The van der Waals surface area contributed by atoms with E-state index in [1.54, 1.807) is 12.1 Å². The number of carbonyl (C=O) groups is 4. The molecule has 1 heterocycles. The van der Waals surface area contributed by atoms with Gasteiger partial charge in [0, 0.05) is 34.0 Å². The van der Waals surface area contributed by atoms with Gasteiger partial charge in [0.2, 0.25) is 5.78 Å². The van der Waals surface area contributed by atoms with Crippen molar-refractivity contribution in [1.82, 2.24) is 0 Å². The zero-order valence-corrected chi connectivity index (χ0v) is 13.9. The maximum Gasteiger partial charge on any atom is 0.302 e.